The summed E-state index contributed by atoms with van der Waals surface area (Å²) in [5.41, 5.74) is 0.627. The second-order valence-corrected chi connectivity index (χ2v) is 8.16. The van der Waals surface area contributed by atoms with Crippen LogP contribution in [-0.4, -0.2) is 31.8 Å². The minimum atomic E-state index is -3.94. The van der Waals surface area contributed by atoms with Crippen molar-refractivity contribution in [1.29, 1.82) is 0 Å². The van der Waals surface area contributed by atoms with Gasteiger partial charge in [0.1, 0.15) is 0 Å². The Balaban J connectivity index is 2.45. The molecular formula is C14H17Cl2NO3S. The zero-order chi connectivity index (χ0) is 15.8. The minimum absolute atomic E-state index is 0.104. The quantitative estimate of drug-likeness (QED) is 0.783. The molecule has 0 radical (unpaired) electrons. The van der Waals surface area contributed by atoms with E-state index in [1.54, 1.807) is 11.8 Å². The standard InChI is InChI=1S/C14H17Cl2NO3S/c1-3-11-5-4-6-17(11)14(18)10-7-12(15)9(2)13(8-10)21(16,19)20/h7-8,11H,3-6H2,1-2H3. The number of hydrogen-bond acceptors (Lipinski definition) is 3. The number of amides is 1. The van der Waals surface area contributed by atoms with Gasteiger partial charge in [0.2, 0.25) is 0 Å². The Morgan fingerprint density at radius 1 is 1.43 bits per heavy atom. The van der Waals surface area contributed by atoms with Crippen molar-refractivity contribution >= 4 is 37.2 Å². The molecule has 1 heterocycles. The lowest BCUT2D eigenvalue weighted by Gasteiger charge is -2.24. The maximum absolute atomic E-state index is 12.6. The lowest BCUT2D eigenvalue weighted by molar-refractivity contribution is 0.0733. The third kappa shape index (κ3) is 3.35. The van der Waals surface area contributed by atoms with Gasteiger partial charge in [0.05, 0.1) is 4.90 Å². The first-order valence-corrected chi connectivity index (χ1v) is 9.50. The smallest absolute Gasteiger partial charge is 0.261 e. The summed E-state index contributed by atoms with van der Waals surface area (Å²) in [6.07, 6.45) is 2.82. The maximum atomic E-state index is 12.6. The number of nitrogens with zero attached hydrogens (tertiary/aromatic N) is 1. The number of carbonyl (C=O) groups is 1. The molecule has 0 aliphatic carbocycles. The number of likely N-dealkylation sites (tertiary alicyclic amines) is 1. The van der Waals surface area contributed by atoms with Gasteiger partial charge in [0.15, 0.2) is 0 Å². The fourth-order valence-corrected chi connectivity index (χ4v) is 4.22. The summed E-state index contributed by atoms with van der Waals surface area (Å²) in [4.78, 5) is 14.3. The van der Waals surface area contributed by atoms with Crippen LogP contribution in [0.25, 0.3) is 0 Å². The van der Waals surface area contributed by atoms with Gasteiger partial charge in [0.25, 0.3) is 15.0 Å². The molecule has 1 unspecified atom stereocenters. The van der Waals surface area contributed by atoms with Gasteiger partial charge in [-0.1, -0.05) is 18.5 Å². The molecule has 0 spiro atoms. The molecule has 116 valence electrons. The average Bonchev–Trinajstić information content (AvgIpc) is 2.87. The number of carbonyl (C=O) groups excluding carboxylic acids is 1. The topological polar surface area (TPSA) is 54.5 Å². The van der Waals surface area contributed by atoms with Crippen LogP contribution >= 0.6 is 22.3 Å². The van der Waals surface area contributed by atoms with Gasteiger partial charge < -0.3 is 4.90 Å². The summed E-state index contributed by atoms with van der Waals surface area (Å²) in [5.74, 6) is -0.192. The molecule has 0 bridgehead atoms. The Morgan fingerprint density at radius 3 is 2.67 bits per heavy atom. The Kier molecular flexibility index (Phi) is 4.85. The third-order valence-corrected chi connectivity index (χ3v) is 5.76. The van der Waals surface area contributed by atoms with E-state index in [1.807, 2.05) is 6.92 Å². The minimum Gasteiger partial charge on any atom is -0.336 e. The highest BCUT2D eigenvalue weighted by atomic mass is 35.7. The van der Waals surface area contributed by atoms with Crippen molar-refractivity contribution in [2.24, 2.45) is 0 Å². The van der Waals surface area contributed by atoms with Crippen LogP contribution in [0.3, 0.4) is 0 Å². The summed E-state index contributed by atoms with van der Waals surface area (Å²) >= 11 is 6.05. The molecule has 1 fully saturated rings. The normalized spacial score (nSPS) is 19.0. The molecule has 0 saturated carbocycles. The van der Waals surface area contributed by atoms with E-state index in [4.69, 9.17) is 22.3 Å². The first kappa shape index (κ1) is 16.6. The Morgan fingerprint density at radius 2 is 2.10 bits per heavy atom. The second-order valence-electron chi connectivity index (χ2n) is 5.22. The molecule has 1 atom stereocenters. The average molecular weight is 350 g/mol. The molecule has 4 nitrogen and oxygen atoms in total. The molecule has 0 N–H and O–H groups in total. The van der Waals surface area contributed by atoms with Gasteiger partial charge in [-0.3, -0.25) is 4.79 Å². The summed E-state index contributed by atoms with van der Waals surface area (Å²) in [7, 11) is 1.48. The highest BCUT2D eigenvalue weighted by Gasteiger charge is 2.29. The highest BCUT2D eigenvalue weighted by Crippen LogP contribution is 2.30. The zero-order valence-corrected chi connectivity index (χ0v) is 14.2. The fraction of sp³-hybridized carbons (Fsp3) is 0.500. The molecule has 1 aliphatic rings. The lowest BCUT2D eigenvalue weighted by Crippen LogP contribution is -2.35. The maximum Gasteiger partial charge on any atom is 0.261 e. The van der Waals surface area contributed by atoms with E-state index in [2.05, 4.69) is 0 Å². The molecule has 21 heavy (non-hydrogen) atoms. The van der Waals surface area contributed by atoms with Gasteiger partial charge in [-0.15, -0.1) is 0 Å². The Bertz CT molecular complexity index is 673. The van der Waals surface area contributed by atoms with Crippen molar-refractivity contribution in [2.45, 2.75) is 44.0 Å². The highest BCUT2D eigenvalue weighted by molar-refractivity contribution is 8.13. The third-order valence-electron chi connectivity index (χ3n) is 3.92. The van der Waals surface area contributed by atoms with Gasteiger partial charge in [0, 0.05) is 33.9 Å². The zero-order valence-electron chi connectivity index (χ0n) is 11.9. The lowest BCUT2D eigenvalue weighted by atomic mass is 10.1. The fourth-order valence-electron chi connectivity index (χ4n) is 2.72. The predicted molar refractivity (Wildman–Crippen MR) is 83.6 cm³/mol. The Hall–Kier alpha value is -0.780. The van der Waals surface area contributed by atoms with E-state index >= 15 is 0 Å². The van der Waals surface area contributed by atoms with Gasteiger partial charge >= 0.3 is 0 Å². The molecular weight excluding hydrogens is 333 g/mol. The molecule has 2 rings (SSSR count). The van der Waals surface area contributed by atoms with Gasteiger partial charge in [-0.05, 0) is 43.9 Å². The monoisotopic (exact) mass is 349 g/mol. The van der Waals surface area contributed by atoms with Crippen molar-refractivity contribution in [1.82, 2.24) is 4.90 Å². The van der Waals surface area contributed by atoms with E-state index in [0.717, 1.165) is 19.3 Å². The van der Waals surface area contributed by atoms with E-state index in [9.17, 15) is 13.2 Å². The van der Waals surface area contributed by atoms with E-state index < -0.39 is 9.05 Å². The van der Waals surface area contributed by atoms with Crippen LogP contribution in [0.1, 0.15) is 42.1 Å². The summed E-state index contributed by atoms with van der Waals surface area (Å²) in [6.45, 7) is 4.29. The Labute approximate surface area is 134 Å². The first-order valence-electron chi connectivity index (χ1n) is 6.81. The summed E-state index contributed by atoms with van der Waals surface area (Å²) in [6, 6.07) is 3.03. The van der Waals surface area contributed by atoms with Crippen LogP contribution in [-0.2, 0) is 9.05 Å². The van der Waals surface area contributed by atoms with Crippen LogP contribution in [0.4, 0.5) is 0 Å². The van der Waals surface area contributed by atoms with E-state index in [-0.39, 0.29) is 27.4 Å². The van der Waals surface area contributed by atoms with Gasteiger partial charge in [-0.25, -0.2) is 8.42 Å². The van der Waals surface area contributed by atoms with Crippen molar-refractivity contribution < 1.29 is 13.2 Å². The molecule has 1 aromatic rings. The van der Waals surface area contributed by atoms with E-state index in [1.165, 1.54) is 12.1 Å². The first-order chi connectivity index (χ1) is 9.75. The number of hydrogen-bond donors (Lipinski definition) is 0. The molecule has 1 aromatic carbocycles. The SMILES string of the molecule is CCC1CCCN1C(=O)c1cc(Cl)c(C)c(S(=O)(=O)Cl)c1. The van der Waals surface area contributed by atoms with Crippen molar-refractivity contribution in [3.63, 3.8) is 0 Å². The molecule has 0 aromatic heterocycles. The van der Waals surface area contributed by atoms with Crippen LogP contribution in [0.2, 0.25) is 5.02 Å². The van der Waals surface area contributed by atoms with Crippen LogP contribution < -0.4 is 0 Å². The second kappa shape index (κ2) is 6.15. The van der Waals surface area contributed by atoms with Crippen molar-refractivity contribution in [2.75, 3.05) is 6.54 Å². The largest absolute Gasteiger partial charge is 0.336 e. The summed E-state index contributed by atoms with van der Waals surface area (Å²) in [5, 5.41) is 0.229. The molecule has 1 saturated heterocycles. The van der Waals surface area contributed by atoms with Crippen LogP contribution in [0.5, 0.6) is 0 Å². The van der Waals surface area contributed by atoms with Crippen LogP contribution in [0.15, 0.2) is 17.0 Å². The van der Waals surface area contributed by atoms with Crippen LogP contribution in [0, 0.1) is 6.92 Å². The number of benzene rings is 1. The molecule has 1 amide bonds. The summed E-state index contributed by atoms with van der Waals surface area (Å²) < 4.78 is 23.2. The molecule has 1 aliphatic heterocycles. The van der Waals surface area contributed by atoms with Crippen molar-refractivity contribution in [3.8, 4) is 0 Å². The number of halogens is 2. The van der Waals surface area contributed by atoms with Gasteiger partial charge in [-0.2, -0.15) is 0 Å². The number of rotatable bonds is 3. The molecule has 7 heteroatoms. The van der Waals surface area contributed by atoms with Crippen molar-refractivity contribution in [3.05, 3.63) is 28.3 Å². The van der Waals surface area contributed by atoms with E-state index in [0.29, 0.717) is 12.1 Å². The predicted octanol–water partition coefficient (Wildman–Crippen LogP) is 3.59.